The molecule has 2 rings (SSSR count). The number of hydrogen-bond donors (Lipinski definition) is 0. The van der Waals surface area contributed by atoms with Crippen LogP contribution in [0.1, 0.15) is 117 Å². The zero-order valence-corrected chi connectivity index (χ0v) is 27.2. The highest BCUT2D eigenvalue weighted by molar-refractivity contribution is 5.81. The molecule has 0 radical (unpaired) electrons. The molecule has 4 heteroatoms. The van der Waals surface area contributed by atoms with Gasteiger partial charge in [-0.2, -0.15) is 0 Å². The Morgan fingerprint density at radius 2 is 1.79 bits per heavy atom. The van der Waals surface area contributed by atoms with Gasteiger partial charge in [0.1, 0.15) is 6.61 Å². The third kappa shape index (κ3) is 19.5. The van der Waals surface area contributed by atoms with Crippen LogP contribution in [0.25, 0.3) is 5.57 Å². The summed E-state index contributed by atoms with van der Waals surface area (Å²) in [4.78, 5) is 4.49. The minimum absolute atomic E-state index is 0.0663. The molecule has 1 aromatic carbocycles. The van der Waals surface area contributed by atoms with Gasteiger partial charge in [-0.05, 0) is 88.1 Å². The molecule has 0 amide bonds. The zero-order valence-electron chi connectivity index (χ0n) is 27.2. The number of nitrogens with zero attached hydrogens (tertiary/aromatic N) is 1. The summed E-state index contributed by atoms with van der Waals surface area (Å²) in [6, 6.07) is 6.36. The normalized spacial score (nSPS) is 15.5. The molecule has 0 saturated carbocycles. The molecule has 1 aliphatic rings. The van der Waals surface area contributed by atoms with Crippen molar-refractivity contribution in [2.75, 3.05) is 19.8 Å². The third-order valence-corrected chi connectivity index (χ3v) is 5.86. The Hall–Kier alpha value is -2.17. The first-order valence-corrected chi connectivity index (χ1v) is 15.3. The van der Waals surface area contributed by atoms with Gasteiger partial charge in [-0.3, -0.25) is 0 Å². The number of rotatable bonds is 12. The van der Waals surface area contributed by atoms with Crippen molar-refractivity contribution in [3.05, 3.63) is 65.9 Å². The molecule has 39 heavy (non-hydrogen) atoms. The van der Waals surface area contributed by atoms with E-state index in [0.29, 0.717) is 12.7 Å². The first-order chi connectivity index (χ1) is 18.8. The van der Waals surface area contributed by atoms with Crippen molar-refractivity contribution in [1.29, 1.82) is 0 Å². The van der Waals surface area contributed by atoms with Gasteiger partial charge >= 0.3 is 0 Å². The van der Waals surface area contributed by atoms with Crippen molar-refractivity contribution in [2.45, 2.75) is 126 Å². The van der Waals surface area contributed by atoms with Crippen LogP contribution in [-0.2, 0) is 14.2 Å². The molecule has 4 nitrogen and oxygen atoms in total. The highest BCUT2D eigenvalue weighted by Crippen LogP contribution is 2.25. The minimum atomic E-state index is 0.0663. The van der Waals surface area contributed by atoms with Crippen LogP contribution < -0.4 is 0 Å². The van der Waals surface area contributed by atoms with Crippen LogP contribution in [0, 0.1) is 13.8 Å². The lowest BCUT2D eigenvalue weighted by Gasteiger charge is -2.17. The summed E-state index contributed by atoms with van der Waals surface area (Å²) in [5.41, 5.74) is 5.31. The van der Waals surface area contributed by atoms with Gasteiger partial charge in [0.25, 0.3) is 0 Å². The summed E-state index contributed by atoms with van der Waals surface area (Å²) in [5.74, 6) is 0.731. The molecule has 0 N–H and O–H groups in total. The van der Waals surface area contributed by atoms with E-state index in [4.69, 9.17) is 14.2 Å². The van der Waals surface area contributed by atoms with Crippen molar-refractivity contribution in [3.63, 3.8) is 0 Å². The van der Waals surface area contributed by atoms with Crippen molar-refractivity contribution in [3.8, 4) is 0 Å². The molecule has 0 aliphatic carbocycles. The number of allylic oxidation sites excluding steroid dienone is 3. The monoisotopic (exact) mass is 543 g/mol. The molecule has 0 spiro atoms. The van der Waals surface area contributed by atoms with Gasteiger partial charge < -0.3 is 14.2 Å². The van der Waals surface area contributed by atoms with Gasteiger partial charge in [-0.1, -0.05) is 84.9 Å². The molecule has 0 aromatic heterocycles. The molecular weight excluding hydrogens is 482 g/mol. The maximum atomic E-state index is 5.86. The van der Waals surface area contributed by atoms with E-state index >= 15 is 0 Å². The Bertz CT molecular complexity index is 819. The van der Waals surface area contributed by atoms with Gasteiger partial charge in [0, 0.05) is 25.8 Å². The van der Waals surface area contributed by atoms with Crippen molar-refractivity contribution < 1.29 is 14.2 Å². The van der Waals surface area contributed by atoms with E-state index in [1.807, 2.05) is 40.7 Å². The van der Waals surface area contributed by atoms with Gasteiger partial charge in [-0.15, -0.1) is 0 Å². The molecule has 2 unspecified atom stereocenters. The second-order valence-corrected chi connectivity index (χ2v) is 9.43. The van der Waals surface area contributed by atoms with Crippen LogP contribution >= 0.6 is 0 Å². The maximum Gasteiger partial charge on any atom is 0.187 e. The standard InChI is InChI=1S/C25H37NO2.C6H12O.2C2H6/c1-8-10-16-27-22(6)18-28-25(11-9-2)26-15-14-20(4)23(7)24-17-19(3)12-13-21(24)5;1-6-4-2-3-5-7-6;2*1-2/h12-15,17,22H,4,7-11,16,18H2,1-3,5-6H3;6H,2-5H2,1H3;2*1-2H3/b15-14-,26-25?;;;. The van der Waals surface area contributed by atoms with Gasteiger partial charge in [0.2, 0.25) is 0 Å². The molecule has 1 saturated heterocycles. The van der Waals surface area contributed by atoms with Crippen LogP contribution in [0.15, 0.2) is 54.2 Å². The largest absolute Gasteiger partial charge is 0.478 e. The molecule has 0 bridgehead atoms. The number of unbranched alkanes of at least 4 members (excludes halogenated alkanes) is 1. The van der Waals surface area contributed by atoms with Gasteiger partial charge in [-0.25, -0.2) is 4.99 Å². The number of aliphatic imine (C=N–C) groups is 1. The fourth-order valence-corrected chi connectivity index (χ4v) is 3.52. The number of ether oxygens (including phenoxy) is 3. The quantitative estimate of drug-likeness (QED) is 0.114. The predicted molar refractivity (Wildman–Crippen MR) is 174 cm³/mol. The Balaban J connectivity index is 0. The number of aryl methyl sites for hydroxylation is 2. The van der Waals surface area contributed by atoms with E-state index in [0.717, 1.165) is 61.5 Å². The van der Waals surface area contributed by atoms with Crippen LogP contribution in [0.2, 0.25) is 0 Å². The van der Waals surface area contributed by atoms with Crippen LogP contribution in [0.4, 0.5) is 0 Å². The van der Waals surface area contributed by atoms with E-state index in [-0.39, 0.29) is 6.10 Å². The molecule has 224 valence electrons. The second-order valence-electron chi connectivity index (χ2n) is 9.43. The average molecular weight is 544 g/mol. The second kappa shape index (κ2) is 26.1. The minimum Gasteiger partial charge on any atom is -0.478 e. The van der Waals surface area contributed by atoms with E-state index in [1.165, 1.54) is 30.4 Å². The van der Waals surface area contributed by atoms with E-state index in [9.17, 15) is 0 Å². The maximum absolute atomic E-state index is 5.86. The predicted octanol–water partition coefficient (Wildman–Crippen LogP) is 10.4. The summed E-state index contributed by atoms with van der Waals surface area (Å²) in [6.07, 6.45) is 12.1. The molecule has 1 heterocycles. The van der Waals surface area contributed by atoms with E-state index in [1.54, 1.807) is 6.20 Å². The SMILES string of the molecule is C=C(/C=C\N=C(CCC)OCC(C)OCCCC)C(=C)c1cc(C)ccc1C.CC.CC.CC1CCCCO1. The number of benzene rings is 1. The lowest BCUT2D eigenvalue weighted by molar-refractivity contribution is 0.0268. The number of hydrogen-bond acceptors (Lipinski definition) is 4. The van der Waals surface area contributed by atoms with Gasteiger partial charge in [0.15, 0.2) is 5.90 Å². The first kappa shape index (κ1) is 39.0. The summed E-state index contributed by atoms with van der Waals surface area (Å²) in [6.45, 7) is 31.3. The fourth-order valence-electron chi connectivity index (χ4n) is 3.52. The van der Waals surface area contributed by atoms with Gasteiger partial charge in [0.05, 0.1) is 12.2 Å². The Kier molecular flexibility index (Phi) is 26.1. The molecular formula is C35H61NO3. The van der Waals surface area contributed by atoms with Crippen molar-refractivity contribution in [1.82, 2.24) is 0 Å². The highest BCUT2D eigenvalue weighted by atomic mass is 16.5. The Morgan fingerprint density at radius 1 is 1.10 bits per heavy atom. The highest BCUT2D eigenvalue weighted by Gasteiger charge is 2.07. The van der Waals surface area contributed by atoms with Crippen molar-refractivity contribution >= 4 is 11.5 Å². The topological polar surface area (TPSA) is 40.0 Å². The van der Waals surface area contributed by atoms with Crippen LogP contribution in [-0.4, -0.2) is 37.9 Å². The molecule has 1 fully saturated rings. The lowest BCUT2D eigenvalue weighted by Crippen LogP contribution is -2.19. The van der Waals surface area contributed by atoms with Crippen LogP contribution in [0.5, 0.6) is 0 Å². The van der Waals surface area contributed by atoms with Crippen LogP contribution in [0.3, 0.4) is 0 Å². The Labute approximate surface area is 242 Å². The summed E-state index contributed by atoms with van der Waals surface area (Å²) in [7, 11) is 0. The van der Waals surface area contributed by atoms with Crippen molar-refractivity contribution in [2.24, 2.45) is 4.99 Å². The third-order valence-electron chi connectivity index (χ3n) is 5.86. The van der Waals surface area contributed by atoms with E-state index < -0.39 is 0 Å². The molecule has 2 atom stereocenters. The summed E-state index contributed by atoms with van der Waals surface area (Å²) < 4.78 is 16.9. The summed E-state index contributed by atoms with van der Waals surface area (Å²) >= 11 is 0. The smallest absolute Gasteiger partial charge is 0.187 e. The first-order valence-electron chi connectivity index (χ1n) is 15.3. The Morgan fingerprint density at radius 3 is 2.33 bits per heavy atom. The lowest BCUT2D eigenvalue weighted by atomic mass is 9.95. The van der Waals surface area contributed by atoms with E-state index in [2.05, 4.69) is 71.0 Å². The molecule has 1 aliphatic heterocycles. The fraction of sp³-hybridized carbons (Fsp3) is 0.629. The zero-order chi connectivity index (χ0) is 30.1. The average Bonchev–Trinajstić information content (AvgIpc) is 2.95. The summed E-state index contributed by atoms with van der Waals surface area (Å²) in [5, 5.41) is 0. The molecule has 1 aromatic rings.